The Morgan fingerprint density at radius 3 is 0.846 bits per heavy atom. The SMILES string of the molecule is CCCCCCCCCCC(CCCCCC)CCCCCCCCC. The predicted octanol–water partition coefficient (Wildman–Crippen LogP) is 10.2. The largest absolute Gasteiger partial charge is 0.0654 e. The van der Waals surface area contributed by atoms with Gasteiger partial charge in [0.15, 0.2) is 0 Å². The van der Waals surface area contributed by atoms with Gasteiger partial charge in [-0.25, -0.2) is 0 Å². The van der Waals surface area contributed by atoms with E-state index in [9.17, 15) is 0 Å². The molecule has 0 amide bonds. The van der Waals surface area contributed by atoms with E-state index >= 15 is 0 Å². The second kappa shape index (κ2) is 23.0. The fourth-order valence-electron chi connectivity index (χ4n) is 4.25. The Morgan fingerprint density at radius 1 is 0.308 bits per heavy atom. The average Bonchev–Trinajstić information content (AvgIpc) is 2.65. The Hall–Kier alpha value is 0. The van der Waals surface area contributed by atoms with Gasteiger partial charge in [-0.05, 0) is 5.92 Å². The summed E-state index contributed by atoms with van der Waals surface area (Å²) >= 11 is 0. The molecule has 158 valence electrons. The fourth-order valence-corrected chi connectivity index (χ4v) is 4.25. The summed E-state index contributed by atoms with van der Waals surface area (Å²) in [5.74, 6) is 1.04. The Balaban J connectivity index is 3.70. The number of rotatable bonds is 22. The van der Waals surface area contributed by atoms with Crippen molar-refractivity contribution in [3.63, 3.8) is 0 Å². The smallest absolute Gasteiger partial charge is 0.0414 e. The summed E-state index contributed by atoms with van der Waals surface area (Å²) in [6, 6.07) is 0. The highest BCUT2D eigenvalue weighted by molar-refractivity contribution is 4.62. The quantitative estimate of drug-likeness (QED) is 0.167. The van der Waals surface area contributed by atoms with E-state index in [-0.39, 0.29) is 0 Å². The van der Waals surface area contributed by atoms with Gasteiger partial charge < -0.3 is 0 Å². The maximum atomic E-state index is 2.33. The summed E-state index contributed by atoms with van der Waals surface area (Å²) in [6.45, 7) is 6.96. The summed E-state index contributed by atoms with van der Waals surface area (Å²) in [4.78, 5) is 0. The van der Waals surface area contributed by atoms with E-state index in [1.54, 1.807) is 0 Å². The van der Waals surface area contributed by atoms with Crippen LogP contribution in [0.5, 0.6) is 0 Å². The van der Waals surface area contributed by atoms with Gasteiger partial charge in [0.25, 0.3) is 0 Å². The standard InChI is InChI=1S/C26H54/c1-4-7-10-13-15-17-19-22-25-26(23-20-12-9-6-3)24-21-18-16-14-11-8-5-2/h26H,4-25H2,1-3H3. The van der Waals surface area contributed by atoms with E-state index in [1.807, 2.05) is 0 Å². The van der Waals surface area contributed by atoms with Crippen molar-refractivity contribution in [2.24, 2.45) is 5.92 Å². The Labute approximate surface area is 168 Å². The van der Waals surface area contributed by atoms with Gasteiger partial charge in [-0.3, -0.25) is 0 Å². The molecule has 0 bridgehead atoms. The molecule has 0 heterocycles. The zero-order valence-electron chi connectivity index (χ0n) is 19.1. The van der Waals surface area contributed by atoms with Crippen LogP contribution in [0, 0.1) is 5.92 Å². The lowest BCUT2D eigenvalue weighted by atomic mass is 9.89. The van der Waals surface area contributed by atoms with Crippen LogP contribution in [-0.4, -0.2) is 0 Å². The van der Waals surface area contributed by atoms with E-state index < -0.39 is 0 Å². The molecule has 0 fully saturated rings. The minimum absolute atomic E-state index is 1.04. The topological polar surface area (TPSA) is 0 Å². The van der Waals surface area contributed by atoms with Gasteiger partial charge in [-0.15, -0.1) is 0 Å². The Kier molecular flexibility index (Phi) is 23.0. The molecule has 0 aliphatic carbocycles. The first-order chi connectivity index (χ1) is 12.8. The zero-order valence-corrected chi connectivity index (χ0v) is 19.1. The van der Waals surface area contributed by atoms with Crippen LogP contribution < -0.4 is 0 Å². The zero-order chi connectivity index (χ0) is 19.1. The van der Waals surface area contributed by atoms with Crippen molar-refractivity contribution in [2.75, 3.05) is 0 Å². The van der Waals surface area contributed by atoms with E-state index in [1.165, 1.54) is 141 Å². The third kappa shape index (κ3) is 20.3. The minimum Gasteiger partial charge on any atom is -0.0654 e. The van der Waals surface area contributed by atoms with Crippen LogP contribution in [0.1, 0.15) is 162 Å². The van der Waals surface area contributed by atoms with Gasteiger partial charge in [0.1, 0.15) is 0 Å². The average molecular weight is 367 g/mol. The number of hydrogen-bond donors (Lipinski definition) is 0. The van der Waals surface area contributed by atoms with Crippen LogP contribution in [0.25, 0.3) is 0 Å². The van der Waals surface area contributed by atoms with Crippen molar-refractivity contribution < 1.29 is 0 Å². The number of hydrogen-bond acceptors (Lipinski definition) is 0. The van der Waals surface area contributed by atoms with E-state index in [4.69, 9.17) is 0 Å². The summed E-state index contributed by atoms with van der Waals surface area (Å²) in [6.07, 6.45) is 32.3. The highest BCUT2D eigenvalue weighted by Gasteiger charge is 2.08. The molecular formula is C26H54. The molecule has 0 aromatic rings. The highest BCUT2D eigenvalue weighted by Crippen LogP contribution is 2.24. The summed E-state index contributed by atoms with van der Waals surface area (Å²) < 4.78 is 0. The second-order valence-corrected chi connectivity index (χ2v) is 8.89. The normalized spacial score (nSPS) is 12.6. The molecule has 0 nitrogen and oxygen atoms in total. The molecule has 0 N–H and O–H groups in total. The molecule has 0 saturated carbocycles. The summed E-state index contributed by atoms with van der Waals surface area (Å²) in [5.41, 5.74) is 0. The van der Waals surface area contributed by atoms with Crippen LogP contribution in [0.4, 0.5) is 0 Å². The second-order valence-electron chi connectivity index (χ2n) is 8.89. The van der Waals surface area contributed by atoms with Crippen molar-refractivity contribution in [3.8, 4) is 0 Å². The van der Waals surface area contributed by atoms with E-state index in [0.29, 0.717) is 0 Å². The van der Waals surface area contributed by atoms with Crippen LogP contribution in [-0.2, 0) is 0 Å². The molecule has 26 heavy (non-hydrogen) atoms. The lowest BCUT2D eigenvalue weighted by Crippen LogP contribution is -2.01. The molecule has 0 aliphatic rings. The van der Waals surface area contributed by atoms with Gasteiger partial charge in [0, 0.05) is 0 Å². The molecule has 1 unspecified atom stereocenters. The third-order valence-corrected chi connectivity index (χ3v) is 6.15. The molecule has 0 heteroatoms. The lowest BCUT2D eigenvalue weighted by molar-refractivity contribution is 0.366. The molecule has 0 aliphatic heterocycles. The molecule has 0 spiro atoms. The van der Waals surface area contributed by atoms with Crippen LogP contribution in [0.3, 0.4) is 0 Å². The van der Waals surface area contributed by atoms with E-state index in [0.717, 1.165) is 5.92 Å². The number of unbranched alkanes of at least 4 members (excludes halogenated alkanes) is 16. The molecule has 0 aromatic heterocycles. The van der Waals surface area contributed by atoms with Crippen LogP contribution >= 0.6 is 0 Å². The molecular weight excluding hydrogens is 312 g/mol. The van der Waals surface area contributed by atoms with Gasteiger partial charge in [0.05, 0.1) is 0 Å². The fraction of sp³-hybridized carbons (Fsp3) is 1.00. The minimum atomic E-state index is 1.04. The molecule has 0 saturated heterocycles. The Morgan fingerprint density at radius 2 is 0.538 bits per heavy atom. The molecule has 0 rings (SSSR count). The van der Waals surface area contributed by atoms with Crippen molar-refractivity contribution in [1.82, 2.24) is 0 Å². The van der Waals surface area contributed by atoms with E-state index in [2.05, 4.69) is 20.8 Å². The monoisotopic (exact) mass is 366 g/mol. The summed E-state index contributed by atoms with van der Waals surface area (Å²) in [7, 11) is 0. The lowest BCUT2D eigenvalue weighted by Gasteiger charge is -2.17. The van der Waals surface area contributed by atoms with Crippen LogP contribution in [0.2, 0.25) is 0 Å². The van der Waals surface area contributed by atoms with Crippen molar-refractivity contribution in [2.45, 2.75) is 162 Å². The first-order valence-corrected chi connectivity index (χ1v) is 12.8. The maximum absolute atomic E-state index is 2.33. The highest BCUT2D eigenvalue weighted by atomic mass is 14.1. The third-order valence-electron chi connectivity index (χ3n) is 6.15. The molecule has 0 radical (unpaired) electrons. The van der Waals surface area contributed by atoms with Crippen molar-refractivity contribution >= 4 is 0 Å². The van der Waals surface area contributed by atoms with Gasteiger partial charge in [0.2, 0.25) is 0 Å². The Bertz CT molecular complexity index is 232. The first kappa shape index (κ1) is 26.0. The van der Waals surface area contributed by atoms with Gasteiger partial charge in [-0.1, -0.05) is 162 Å². The molecule has 0 aromatic carbocycles. The van der Waals surface area contributed by atoms with Gasteiger partial charge in [-0.2, -0.15) is 0 Å². The van der Waals surface area contributed by atoms with Crippen molar-refractivity contribution in [3.05, 3.63) is 0 Å². The summed E-state index contributed by atoms with van der Waals surface area (Å²) in [5, 5.41) is 0. The molecule has 1 atom stereocenters. The van der Waals surface area contributed by atoms with Gasteiger partial charge >= 0.3 is 0 Å². The first-order valence-electron chi connectivity index (χ1n) is 12.8. The van der Waals surface area contributed by atoms with Crippen LogP contribution in [0.15, 0.2) is 0 Å². The van der Waals surface area contributed by atoms with Crippen molar-refractivity contribution in [1.29, 1.82) is 0 Å². The predicted molar refractivity (Wildman–Crippen MR) is 122 cm³/mol. The maximum Gasteiger partial charge on any atom is -0.0414 e.